The van der Waals surface area contributed by atoms with Crippen molar-refractivity contribution in [1.29, 1.82) is 0 Å². The first kappa shape index (κ1) is 18.9. The molecule has 1 amide bonds. The zero-order valence-electron chi connectivity index (χ0n) is 15.6. The Hall–Kier alpha value is -2.84. The number of hydrogen-bond donors (Lipinski definition) is 3. The molecule has 9 heteroatoms. The Morgan fingerprint density at radius 2 is 2.44 bits per heavy atom. The molecule has 1 fully saturated rings. The number of nitrogens with one attached hydrogen (secondary N) is 2. The molecule has 1 atom stereocenters. The van der Waals surface area contributed by atoms with Crippen molar-refractivity contribution in [3.8, 4) is 11.6 Å². The highest BCUT2D eigenvalue weighted by atomic mass is 16.3. The van der Waals surface area contributed by atoms with Crippen LogP contribution in [-0.4, -0.2) is 58.1 Å². The minimum Gasteiger partial charge on any atom is -0.461 e. The topological polar surface area (TPSA) is 125 Å². The van der Waals surface area contributed by atoms with Crippen molar-refractivity contribution in [2.45, 2.75) is 32.6 Å². The molecule has 1 unspecified atom stereocenters. The minimum absolute atomic E-state index is 0.235. The van der Waals surface area contributed by atoms with Crippen molar-refractivity contribution in [2.24, 2.45) is 16.6 Å². The summed E-state index contributed by atoms with van der Waals surface area (Å²) in [5.74, 6) is 2.90. The minimum atomic E-state index is -0.235. The van der Waals surface area contributed by atoms with Gasteiger partial charge in [0.15, 0.2) is 11.7 Å². The summed E-state index contributed by atoms with van der Waals surface area (Å²) in [6, 6.07) is 3.63. The van der Waals surface area contributed by atoms with E-state index in [-0.39, 0.29) is 5.91 Å². The van der Waals surface area contributed by atoms with Crippen LogP contribution in [0.3, 0.4) is 0 Å². The molecule has 3 rings (SSSR count). The lowest BCUT2D eigenvalue weighted by atomic mass is 9.95. The van der Waals surface area contributed by atoms with Crippen LogP contribution in [0.2, 0.25) is 0 Å². The number of nitrogens with zero attached hydrogens (tertiary/aromatic N) is 4. The van der Waals surface area contributed by atoms with Gasteiger partial charge in [0.1, 0.15) is 5.82 Å². The lowest BCUT2D eigenvalue weighted by Gasteiger charge is -2.34. The third-order valence-electron chi connectivity index (χ3n) is 4.53. The number of amides is 1. The number of carbonyl (C=O) groups is 1. The second kappa shape index (κ2) is 9.20. The lowest BCUT2D eigenvalue weighted by molar-refractivity contribution is -0.119. The fraction of sp³-hybridized carbons (Fsp3) is 0.556. The van der Waals surface area contributed by atoms with E-state index in [0.717, 1.165) is 44.3 Å². The molecule has 9 nitrogen and oxygen atoms in total. The molecule has 0 aromatic carbocycles. The number of aliphatic imine (C=N–C) groups is 1. The number of furan rings is 1. The summed E-state index contributed by atoms with van der Waals surface area (Å²) in [5, 5.41) is 10.4. The number of aromatic nitrogens is 3. The summed E-state index contributed by atoms with van der Waals surface area (Å²) in [4.78, 5) is 22.6. The van der Waals surface area contributed by atoms with E-state index in [0.29, 0.717) is 36.9 Å². The van der Waals surface area contributed by atoms with E-state index in [9.17, 15) is 4.79 Å². The molecule has 3 heterocycles. The second-order valence-electron chi connectivity index (χ2n) is 6.69. The third kappa shape index (κ3) is 5.32. The van der Waals surface area contributed by atoms with Crippen LogP contribution < -0.4 is 11.1 Å². The number of aromatic amines is 1. The summed E-state index contributed by atoms with van der Waals surface area (Å²) in [6.07, 6.45) is 4.76. The first-order chi connectivity index (χ1) is 13.2. The van der Waals surface area contributed by atoms with Crippen LogP contribution in [0.5, 0.6) is 0 Å². The van der Waals surface area contributed by atoms with Gasteiger partial charge >= 0.3 is 0 Å². The van der Waals surface area contributed by atoms with Crippen LogP contribution in [0, 0.1) is 5.92 Å². The molecule has 4 N–H and O–H groups in total. The predicted octanol–water partition coefficient (Wildman–Crippen LogP) is 1.16. The van der Waals surface area contributed by atoms with Crippen molar-refractivity contribution in [1.82, 2.24) is 25.4 Å². The maximum atomic E-state index is 11.2. The molecule has 1 aliphatic rings. The molecule has 0 spiro atoms. The molecule has 0 aliphatic carbocycles. The highest BCUT2D eigenvalue weighted by molar-refractivity contribution is 5.80. The van der Waals surface area contributed by atoms with E-state index in [1.54, 1.807) is 6.26 Å². The Labute approximate surface area is 158 Å². The molecule has 2 aromatic rings. The van der Waals surface area contributed by atoms with Crippen molar-refractivity contribution in [3.63, 3.8) is 0 Å². The van der Waals surface area contributed by atoms with Gasteiger partial charge in [-0.15, -0.1) is 0 Å². The Bertz CT molecular complexity index is 754. The van der Waals surface area contributed by atoms with E-state index in [1.165, 1.54) is 0 Å². The third-order valence-corrected chi connectivity index (χ3v) is 4.53. The smallest absolute Gasteiger partial charge is 0.217 e. The highest BCUT2D eigenvalue weighted by Gasteiger charge is 2.23. The van der Waals surface area contributed by atoms with E-state index in [2.05, 4.69) is 25.4 Å². The molecule has 0 saturated carbocycles. The fourth-order valence-corrected chi connectivity index (χ4v) is 3.33. The zero-order chi connectivity index (χ0) is 19.1. The largest absolute Gasteiger partial charge is 0.461 e. The maximum absolute atomic E-state index is 11.2. The SMILES string of the molecule is CCNC(=NCCc1nc(-c2ccco2)n[nH]1)N1CCCC(CC(N)=O)C1. The van der Waals surface area contributed by atoms with Crippen LogP contribution >= 0.6 is 0 Å². The fourth-order valence-electron chi connectivity index (χ4n) is 3.33. The summed E-state index contributed by atoms with van der Waals surface area (Å²) in [7, 11) is 0. The van der Waals surface area contributed by atoms with Gasteiger partial charge in [0, 0.05) is 39.0 Å². The predicted molar refractivity (Wildman–Crippen MR) is 102 cm³/mol. The van der Waals surface area contributed by atoms with Gasteiger partial charge in [-0.2, -0.15) is 5.10 Å². The summed E-state index contributed by atoms with van der Waals surface area (Å²) in [6.45, 7) is 5.17. The van der Waals surface area contributed by atoms with Gasteiger partial charge in [0.2, 0.25) is 11.7 Å². The van der Waals surface area contributed by atoms with Crippen LogP contribution in [0.25, 0.3) is 11.6 Å². The molecule has 146 valence electrons. The van der Waals surface area contributed by atoms with E-state index in [4.69, 9.17) is 15.1 Å². The first-order valence-corrected chi connectivity index (χ1v) is 9.42. The number of H-pyrrole nitrogens is 1. The normalized spacial score (nSPS) is 17.9. The maximum Gasteiger partial charge on any atom is 0.217 e. The lowest BCUT2D eigenvalue weighted by Crippen LogP contribution is -2.47. The van der Waals surface area contributed by atoms with Crippen molar-refractivity contribution < 1.29 is 9.21 Å². The van der Waals surface area contributed by atoms with Gasteiger partial charge in [0.25, 0.3) is 0 Å². The van der Waals surface area contributed by atoms with Crippen LogP contribution in [-0.2, 0) is 11.2 Å². The summed E-state index contributed by atoms with van der Waals surface area (Å²) in [5.41, 5.74) is 5.36. The molecule has 1 saturated heterocycles. The van der Waals surface area contributed by atoms with Gasteiger partial charge in [-0.25, -0.2) is 4.98 Å². The number of nitrogens with two attached hydrogens (primary N) is 1. The molecule has 0 radical (unpaired) electrons. The number of rotatable bonds is 7. The Kier molecular flexibility index (Phi) is 6.45. The van der Waals surface area contributed by atoms with E-state index in [1.807, 2.05) is 19.1 Å². The highest BCUT2D eigenvalue weighted by Crippen LogP contribution is 2.19. The van der Waals surface area contributed by atoms with Gasteiger partial charge in [-0.1, -0.05) is 0 Å². The van der Waals surface area contributed by atoms with Gasteiger partial charge in [0.05, 0.1) is 6.26 Å². The molecule has 1 aliphatic heterocycles. The van der Waals surface area contributed by atoms with E-state index < -0.39 is 0 Å². The zero-order valence-corrected chi connectivity index (χ0v) is 15.6. The summed E-state index contributed by atoms with van der Waals surface area (Å²) >= 11 is 0. The number of guanidine groups is 1. The van der Waals surface area contributed by atoms with Gasteiger partial charge in [-0.05, 0) is 37.8 Å². The Morgan fingerprint density at radius 1 is 1.56 bits per heavy atom. The Balaban J connectivity index is 1.58. The number of likely N-dealkylation sites (tertiary alicyclic amines) is 1. The van der Waals surface area contributed by atoms with Gasteiger partial charge in [-0.3, -0.25) is 14.9 Å². The molecular formula is C18H27N7O2. The van der Waals surface area contributed by atoms with Crippen LogP contribution in [0.4, 0.5) is 0 Å². The number of carbonyl (C=O) groups excluding carboxylic acids is 1. The number of primary amides is 1. The quantitative estimate of drug-likeness (QED) is 0.494. The van der Waals surface area contributed by atoms with Gasteiger partial charge < -0.3 is 20.4 Å². The molecule has 27 heavy (non-hydrogen) atoms. The van der Waals surface area contributed by atoms with Crippen molar-refractivity contribution >= 4 is 11.9 Å². The molecule has 0 bridgehead atoms. The van der Waals surface area contributed by atoms with Crippen LogP contribution in [0.1, 0.15) is 32.0 Å². The first-order valence-electron chi connectivity index (χ1n) is 9.42. The standard InChI is InChI=1S/C18H27N7O2/c1-2-20-18(25-9-3-5-13(12-25)11-15(19)26)21-8-7-16-22-17(24-23-16)14-6-4-10-27-14/h4,6,10,13H,2-3,5,7-9,11-12H2,1H3,(H2,19,26)(H,20,21)(H,22,23,24). The number of hydrogen-bond acceptors (Lipinski definition) is 5. The second-order valence-corrected chi connectivity index (χ2v) is 6.69. The van der Waals surface area contributed by atoms with Crippen molar-refractivity contribution in [2.75, 3.05) is 26.2 Å². The van der Waals surface area contributed by atoms with E-state index >= 15 is 0 Å². The number of piperidine rings is 1. The molecule has 2 aromatic heterocycles. The average molecular weight is 373 g/mol. The molecular weight excluding hydrogens is 346 g/mol. The van der Waals surface area contributed by atoms with Crippen molar-refractivity contribution in [3.05, 3.63) is 24.2 Å². The summed E-state index contributed by atoms with van der Waals surface area (Å²) < 4.78 is 5.30. The van der Waals surface area contributed by atoms with Crippen LogP contribution in [0.15, 0.2) is 27.8 Å². The Morgan fingerprint density at radius 3 is 3.19 bits per heavy atom. The monoisotopic (exact) mass is 373 g/mol. The average Bonchev–Trinajstić information content (AvgIpc) is 3.32.